The van der Waals surface area contributed by atoms with Crippen LogP contribution in [0.5, 0.6) is 5.75 Å². The van der Waals surface area contributed by atoms with Gasteiger partial charge >= 0.3 is 0 Å². The Labute approximate surface area is 122 Å². The summed E-state index contributed by atoms with van der Waals surface area (Å²) in [6.07, 6.45) is 1.77. The molecule has 0 saturated carbocycles. The first-order valence-corrected chi connectivity index (χ1v) is 7.11. The van der Waals surface area contributed by atoms with E-state index >= 15 is 0 Å². The molecule has 1 heterocycles. The SMILES string of the molecule is CC(C)NCc1coc(COc2ccc(Br)cc2)c1. The zero-order chi connectivity index (χ0) is 13.7. The van der Waals surface area contributed by atoms with Crippen molar-refractivity contribution in [1.29, 1.82) is 0 Å². The number of nitrogens with one attached hydrogen (secondary N) is 1. The first-order valence-electron chi connectivity index (χ1n) is 6.31. The van der Waals surface area contributed by atoms with Crippen molar-refractivity contribution in [2.75, 3.05) is 0 Å². The molecule has 0 fully saturated rings. The quantitative estimate of drug-likeness (QED) is 0.868. The van der Waals surface area contributed by atoms with E-state index in [1.807, 2.05) is 30.3 Å². The number of halogens is 1. The summed E-state index contributed by atoms with van der Waals surface area (Å²) in [5.74, 6) is 1.67. The van der Waals surface area contributed by atoms with Gasteiger partial charge in [-0.25, -0.2) is 0 Å². The molecule has 1 N–H and O–H groups in total. The van der Waals surface area contributed by atoms with Crippen LogP contribution in [0.4, 0.5) is 0 Å². The number of benzene rings is 1. The fourth-order valence-electron chi connectivity index (χ4n) is 1.60. The highest BCUT2D eigenvalue weighted by molar-refractivity contribution is 9.10. The fraction of sp³-hybridized carbons (Fsp3) is 0.333. The molecule has 0 aliphatic rings. The molecule has 0 spiro atoms. The second-order valence-electron chi connectivity index (χ2n) is 4.70. The summed E-state index contributed by atoms with van der Waals surface area (Å²) in [5.41, 5.74) is 1.14. The average Bonchev–Trinajstić information content (AvgIpc) is 2.84. The summed E-state index contributed by atoms with van der Waals surface area (Å²) in [6, 6.07) is 10.2. The lowest BCUT2D eigenvalue weighted by molar-refractivity contribution is 0.270. The Hall–Kier alpha value is -1.26. The number of furan rings is 1. The maximum Gasteiger partial charge on any atom is 0.146 e. The Morgan fingerprint density at radius 1 is 1.26 bits per heavy atom. The molecule has 2 rings (SSSR count). The number of hydrogen-bond donors (Lipinski definition) is 1. The minimum Gasteiger partial charge on any atom is -0.486 e. The molecule has 0 unspecified atom stereocenters. The van der Waals surface area contributed by atoms with Gasteiger partial charge in [-0.1, -0.05) is 29.8 Å². The van der Waals surface area contributed by atoms with Gasteiger partial charge in [0.2, 0.25) is 0 Å². The van der Waals surface area contributed by atoms with Crippen molar-refractivity contribution in [2.24, 2.45) is 0 Å². The van der Waals surface area contributed by atoms with Crippen LogP contribution in [-0.4, -0.2) is 6.04 Å². The van der Waals surface area contributed by atoms with Crippen LogP contribution in [0.2, 0.25) is 0 Å². The van der Waals surface area contributed by atoms with Crippen molar-refractivity contribution in [3.8, 4) is 5.75 Å². The molecular formula is C15H18BrNO2. The van der Waals surface area contributed by atoms with Gasteiger partial charge in [0.05, 0.1) is 6.26 Å². The lowest BCUT2D eigenvalue weighted by Crippen LogP contribution is -2.21. The molecule has 1 aromatic carbocycles. The van der Waals surface area contributed by atoms with Crippen molar-refractivity contribution >= 4 is 15.9 Å². The second-order valence-corrected chi connectivity index (χ2v) is 5.62. The molecule has 0 saturated heterocycles. The minimum atomic E-state index is 0.448. The third kappa shape index (κ3) is 4.73. The van der Waals surface area contributed by atoms with Crippen molar-refractivity contribution in [1.82, 2.24) is 5.32 Å². The van der Waals surface area contributed by atoms with E-state index in [1.54, 1.807) is 6.26 Å². The van der Waals surface area contributed by atoms with Crippen LogP contribution in [-0.2, 0) is 13.2 Å². The van der Waals surface area contributed by atoms with Crippen LogP contribution in [0.3, 0.4) is 0 Å². The Morgan fingerprint density at radius 3 is 2.68 bits per heavy atom. The van der Waals surface area contributed by atoms with Crippen LogP contribution < -0.4 is 10.1 Å². The smallest absolute Gasteiger partial charge is 0.146 e. The molecule has 2 aromatic rings. The van der Waals surface area contributed by atoms with Gasteiger partial charge in [-0.05, 0) is 30.3 Å². The van der Waals surface area contributed by atoms with Crippen molar-refractivity contribution < 1.29 is 9.15 Å². The molecule has 0 amide bonds. The van der Waals surface area contributed by atoms with E-state index in [1.165, 1.54) is 0 Å². The third-order valence-electron chi connectivity index (χ3n) is 2.62. The highest BCUT2D eigenvalue weighted by Crippen LogP contribution is 2.18. The summed E-state index contributed by atoms with van der Waals surface area (Å²) in [5, 5.41) is 3.35. The van der Waals surface area contributed by atoms with E-state index in [9.17, 15) is 0 Å². The summed E-state index contributed by atoms with van der Waals surface area (Å²) in [4.78, 5) is 0. The molecule has 0 aliphatic carbocycles. The van der Waals surface area contributed by atoms with Crippen molar-refractivity contribution in [3.63, 3.8) is 0 Å². The van der Waals surface area contributed by atoms with E-state index in [-0.39, 0.29) is 0 Å². The molecule has 0 atom stereocenters. The topological polar surface area (TPSA) is 34.4 Å². The second kappa shape index (κ2) is 6.78. The van der Waals surface area contributed by atoms with Gasteiger partial charge in [0.15, 0.2) is 0 Å². The van der Waals surface area contributed by atoms with E-state index < -0.39 is 0 Å². The van der Waals surface area contributed by atoms with Gasteiger partial charge in [0.25, 0.3) is 0 Å². The number of hydrogen-bond acceptors (Lipinski definition) is 3. The zero-order valence-corrected chi connectivity index (χ0v) is 12.7. The molecule has 4 heteroatoms. The standard InChI is InChI=1S/C15H18BrNO2/c1-11(2)17-8-12-7-15(18-9-12)10-19-14-5-3-13(16)4-6-14/h3-7,9,11,17H,8,10H2,1-2H3. The molecule has 19 heavy (non-hydrogen) atoms. The largest absolute Gasteiger partial charge is 0.486 e. The molecule has 3 nitrogen and oxygen atoms in total. The van der Waals surface area contributed by atoms with E-state index in [0.29, 0.717) is 12.6 Å². The molecular weight excluding hydrogens is 306 g/mol. The van der Waals surface area contributed by atoms with Gasteiger partial charge in [0, 0.05) is 22.6 Å². The van der Waals surface area contributed by atoms with Crippen LogP contribution in [0, 0.1) is 0 Å². The first-order chi connectivity index (χ1) is 9.13. The van der Waals surface area contributed by atoms with Gasteiger partial charge < -0.3 is 14.5 Å². The Balaban J connectivity index is 1.84. The van der Waals surface area contributed by atoms with Gasteiger partial charge in [-0.3, -0.25) is 0 Å². The van der Waals surface area contributed by atoms with Crippen LogP contribution in [0.1, 0.15) is 25.2 Å². The number of ether oxygens (including phenoxy) is 1. The zero-order valence-electron chi connectivity index (χ0n) is 11.2. The van der Waals surface area contributed by atoms with Gasteiger partial charge in [-0.2, -0.15) is 0 Å². The summed E-state index contributed by atoms with van der Waals surface area (Å²) in [7, 11) is 0. The minimum absolute atomic E-state index is 0.448. The van der Waals surface area contributed by atoms with E-state index in [4.69, 9.17) is 9.15 Å². The molecule has 0 radical (unpaired) electrons. The van der Waals surface area contributed by atoms with Crippen LogP contribution in [0.25, 0.3) is 0 Å². The highest BCUT2D eigenvalue weighted by atomic mass is 79.9. The van der Waals surface area contributed by atoms with E-state index in [0.717, 1.165) is 28.1 Å². The summed E-state index contributed by atoms with van der Waals surface area (Å²) in [6.45, 7) is 5.51. The predicted octanol–water partition coefficient (Wildman–Crippen LogP) is 4.12. The van der Waals surface area contributed by atoms with Crippen LogP contribution >= 0.6 is 15.9 Å². The Morgan fingerprint density at radius 2 is 2.00 bits per heavy atom. The third-order valence-corrected chi connectivity index (χ3v) is 3.15. The Kier molecular flexibility index (Phi) is 5.05. The normalized spacial score (nSPS) is 10.9. The summed E-state index contributed by atoms with van der Waals surface area (Å²) >= 11 is 3.39. The number of rotatable bonds is 6. The molecule has 102 valence electrons. The van der Waals surface area contributed by atoms with Crippen molar-refractivity contribution in [3.05, 3.63) is 52.4 Å². The lowest BCUT2D eigenvalue weighted by atomic mass is 10.3. The maximum absolute atomic E-state index is 5.65. The van der Waals surface area contributed by atoms with Crippen molar-refractivity contribution in [2.45, 2.75) is 33.0 Å². The van der Waals surface area contributed by atoms with Crippen LogP contribution in [0.15, 0.2) is 45.5 Å². The molecule has 0 aliphatic heterocycles. The summed E-state index contributed by atoms with van der Waals surface area (Å²) < 4.78 is 12.2. The predicted molar refractivity (Wildman–Crippen MR) is 79.2 cm³/mol. The maximum atomic E-state index is 5.65. The van der Waals surface area contributed by atoms with Gasteiger partial charge in [-0.15, -0.1) is 0 Å². The Bertz CT molecular complexity index is 505. The fourth-order valence-corrected chi connectivity index (χ4v) is 1.87. The first kappa shape index (κ1) is 14.2. The van der Waals surface area contributed by atoms with Gasteiger partial charge in [0.1, 0.15) is 18.1 Å². The molecule has 0 bridgehead atoms. The average molecular weight is 324 g/mol. The highest BCUT2D eigenvalue weighted by Gasteiger charge is 2.03. The van der Waals surface area contributed by atoms with E-state index in [2.05, 4.69) is 35.1 Å². The lowest BCUT2D eigenvalue weighted by Gasteiger charge is -2.05. The monoisotopic (exact) mass is 323 g/mol. The molecule has 1 aromatic heterocycles.